The average molecular weight is 291 g/mol. The third-order valence-electron chi connectivity index (χ3n) is 3.83. The topological polar surface area (TPSA) is 97.3 Å². The van der Waals surface area contributed by atoms with Crippen molar-refractivity contribution in [2.75, 3.05) is 13.1 Å². The van der Waals surface area contributed by atoms with Crippen LogP contribution in [0.5, 0.6) is 0 Å². The molecule has 8 heteroatoms. The third-order valence-corrected chi connectivity index (χ3v) is 3.83. The van der Waals surface area contributed by atoms with E-state index in [0.717, 1.165) is 0 Å². The highest BCUT2D eigenvalue weighted by molar-refractivity contribution is 5.77. The van der Waals surface area contributed by atoms with Gasteiger partial charge >= 0.3 is 0 Å². The quantitative estimate of drug-likeness (QED) is 0.862. The molecule has 1 fully saturated rings. The van der Waals surface area contributed by atoms with E-state index in [0.29, 0.717) is 24.7 Å². The Kier molecular flexibility index (Phi) is 3.25. The molecule has 0 bridgehead atoms. The van der Waals surface area contributed by atoms with Crippen LogP contribution in [0.2, 0.25) is 0 Å². The van der Waals surface area contributed by atoms with Crippen molar-refractivity contribution in [1.82, 2.24) is 25.1 Å². The molecule has 3 rings (SSSR count). The Balaban J connectivity index is 1.59. The van der Waals surface area contributed by atoms with E-state index in [2.05, 4.69) is 15.4 Å². The van der Waals surface area contributed by atoms with Crippen molar-refractivity contribution in [3.63, 3.8) is 0 Å². The molecular weight excluding hydrogens is 274 g/mol. The van der Waals surface area contributed by atoms with Gasteiger partial charge in [-0.2, -0.15) is 4.80 Å². The number of aliphatic hydroxyl groups is 1. The van der Waals surface area contributed by atoms with Gasteiger partial charge in [-0.3, -0.25) is 4.79 Å². The Morgan fingerprint density at radius 3 is 2.90 bits per heavy atom. The lowest BCUT2D eigenvalue weighted by Gasteiger charge is -2.48. The van der Waals surface area contributed by atoms with Crippen LogP contribution >= 0.6 is 0 Å². The van der Waals surface area contributed by atoms with E-state index in [9.17, 15) is 9.90 Å². The van der Waals surface area contributed by atoms with Crippen LogP contribution in [-0.4, -0.2) is 54.8 Å². The zero-order chi connectivity index (χ0) is 15.0. The highest BCUT2D eigenvalue weighted by atomic mass is 16.3. The number of tetrazole rings is 1. The number of hydrogen-bond donors (Lipinski definition) is 1. The predicted octanol–water partition coefficient (Wildman–Crippen LogP) is 0.162. The SMILES string of the molecule is CC(C)C1(O)CN(C(=O)Cn2nnc(-c3ccco3)n2)C1. The molecule has 1 aliphatic rings. The number of amides is 1. The first-order chi connectivity index (χ1) is 9.98. The number of likely N-dealkylation sites (tertiary alicyclic amines) is 1. The first kappa shape index (κ1) is 13.7. The van der Waals surface area contributed by atoms with E-state index in [1.165, 1.54) is 11.1 Å². The fourth-order valence-corrected chi connectivity index (χ4v) is 2.19. The van der Waals surface area contributed by atoms with Crippen LogP contribution in [-0.2, 0) is 11.3 Å². The molecule has 0 spiro atoms. The van der Waals surface area contributed by atoms with Crippen molar-refractivity contribution in [3.05, 3.63) is 18.4 Å². The molecule has 1 amide bonds. The summed E-state index contributed by atoms with van der Waals surface area (Å²) in [4.78, 5) is 14.9. The summed E-state index contributed by atoms with van der Waals surface area (Å²) >= 11 is 0. The lowest BCUT2D eigenvalue weighted by atomic mass is 9.83. The van der Waals surface area contributed by atoms with Crippen molar-refractivity contribution in [2.24, 2.45) is 5.92 Å². The van der Waals surface area contributed by atoms with Gasteiger partial charge in [0.2, 0.25) is 11.7 Å². The zero-order valence-electron chi connectivity index (χ0n) is 11.9. The molecule has 0 aliphatic carbocycles. The predicted molar refractivity (Wildman–Crippen MR) is 71.9 cm³/mol. The summed E-state index contributed by atoms with van der Waals surface area (Å²) in [6.07, 6.45) is 1.52. The second kappa shape index (κ2) is 4.96. The Hall–Kier alpha value is -2.22. The molecule has 0 saturated carbocycles. The number of nitrogens with zero attached hydrogens (tertiary/aromatic N) is 5. The van der Waals surface area contributed by atoms with Crippen LogP contribution in [0.4, 0.5) is 0 Å². The molecule has 1 saturated heterocycles. The van der Waals surface area contributed by atoms with Crippen LogP contribution < -0.4 is 0 Å². The van der Waals surface area contributed by atoms with Crippen LogP contribution in [0.3, 0.4) is 0 Å². The molecule has 2 aromatic heterocycles. The van der Waals surface area contributed by atoms with Crippen LogP contribution in [0.15, 0.2) is 22.8 Å². The first-order valence-corrected chi connectivity index (χ1v) is 6.80. The molecule has 21 heavy (non-hydrogen) atoms. The summed E-state index contributed by atoms with van der Waals surface area (Å²) in [6, 6.07) is 3.45. The zero-order valence-corrected chi connectivity index (χ0v) is 11.9. The maximum atomic E-state index is 12.1. The highest BCUT2D eigenvalue weighted by Crippen LogP contribution is 2.28. The Morgan fingerprint density at radius 2 is 2.29 bits per heavy atom. The van der Waals surface area contributed by atoms with E-state index >= 15 is 0 Å². The van der Waals surface area contributed by atoms with Crippen molar-refractivity contribution in [2.45, 2.75) is 26.0 Å². The minimum atomic E-state index is -0.773. The van der Waals surface area contributed by atoms with E-state index in [1.54, 1.807) is 17.0 Å². The molecule has 112 valence electrons. The third kappa shape index (κ3) is 2.54. The van der Waals surface area contributed by atoms with E-state index in [1.807, 2.05) is 13.8 Å². The summed E-state index contributed by atoms with van der Waals surface area (Å²) in [5, 5.41) is 21.9. The van der Waals surface area contributed by atoms with Gasteiger partial charge in [-0.15, -0.1) is 10.2 Å². The normalized spacial score (nSPS) is 17.0. The first-order valence-electron chi connectivity index (χ1n) is 6.80. The molecule has 0 aromatic carbocycles. The van der Waals surface area contributed by atoms with Gasteiger partial charge < -0.3 is 14.4 Å². The number of carbonyl (C=O) groups excluding carboxylic acids is 1. The maximum Gasteiger partial charge on any atom is 0.246 e. The number of furan rings is 1. The lowest BCUT2D eigenvalue weighted by molar-refractivity contribution is -0.164. The number of aromatic nitrogens is 4. The largest absolute Gasteiger partial charge is 0.461 e. The molecule has 0 atom stereocenters. The van der Waals surface area contributed by atoms with Gasteiger partial charge in [0.15, 0.2) is 5.76 Å². The van der Waals surface area contributed by atoms with E-state index in [-0.39, 0.29) is 18.4 Å². The van der Waals surface area contributed by atoms with Gasteiger partial charge in [-0.1, -0.05) is 13.8 Å². The summed E-state index contributed by atoms with van der Waals surface area (Å²) in [5.41, 5.74) is -0.773. The second-order valence-corrected chi connectivity index (χ2v) is 5.63. The fourth-order valence-electron chi connectivity index (χ4n) is 2.19. The number of β-amino-alcohol motifs (C(OH)–C–C–N with tert-alkyl or cyclic N) is 1. The average Bonchev–Trinajstić information content (AvgIpc) is 3.04. The van der Waals surface area contributed by atoms with Crippen LogP contribution in [0, 0.1) is 5.92 Å². The smallest absolute Gasteiger partial charge is 0.246 e. The molecule has 0 unspecified atom stereocenters. The molecular formula is C13H17N5O3. The Morgan fingerprint density at radius 1 is 1.52 bits per heavy atom. The van der Waals surface area contributed by atoms with Crippen LogP contribution in [0.25, 0.3) is 11.6 Å². The summed E-state index contributed by atoms with van der Waals surface area (Å²) in [7, 11) is 0. The minimum absolute atomic E-state index is 0.00187. The van der Waals surface area contributed by atoms with Gasteiger partial charge in [0.25, 0.3) is 0 Å². The monoisotopic (exact) mass is 291 g/mol. The molecule has 1 aliphatic heterocycles. The van der Waals surface area contributed by atoms with E-state index in [4.69, 9.17) is 4.42 Å². The fraction of sp³-hybridized carbons (Fsp3) is 0.538. The van der Waals surface area contributed by atoms with Gasteiger partial charge in [-0.25, -0.2) is 0 Å². The summed E-state index contributed by atoms with van der Waals surface area (Å²) in [5.74, 6) is 0.835. The van der Waals surface area contributed by atoms with Crippen molar-refractivity contribution in [1.29, 1.82) is 0 Å². The van der Waals surface area contributed by atoms with Gasteiger partial charge in [0.1, 0.15) is 12.1 Å². The number of rotatable bonds is 4. The van der Waals surface area contributed by atoms with E-state index < -0.39 is 5.60 Å². The molecule has 3 heterocycles. The summed E-state index contributed by atoms with van der Waals surface area (Å²) in [6.45, 7) is 4.58. The maximum absolute atomic E-state index is 12.1. The van der Waals surface area contributed by atoms with Crippen LogP contribution in [0.1, 0.15) is 13.8 Å². The van der Waals surface area contributed by atoms with Crippen molar-refractivity contribution in [3.8, 4) is 11.6 Å². The molecule has 2 aromatic rings. The highest BCUT2D eigenvalue weighted by Gasteiger charge is 2.45. The Labute approximate surface area is 121 Å². The lowest BCUT2D eigenvalue weighted by Crippen LogP contribution is -2.66. The number of hydrogen-bond acceptors (Lipinski definition) is 6. The minimum Gasteiger partial charge on any atom is -0.461 e. The van der Waals surface area contributed by atoms with Crippen molar-refractivity contribution < 1.29 is 14.3 Å². The molecule has 8 nitrogen and oxygen atoms in total. The summed E-state index contributed by atoms with van der Waals surface area (Å²) < 4.78 is 5.16. The molecule has 0 radical (unpaired) electrons. The van der Waals surface area contributed by atoms with Gasteiger partial charge in [0, 0.05) is 0 Å². The van der Waals surface area contributed by atoms with Gasteiger partial charge in [-0.05, 0) is 23.3 Å². The second-order valence-electron chi connectivity index (χ2n) is 5.63. The number of carbonyl (C=O) groups is 1. The molecule has 1 N–H and O–H groups in total. The van der Waals surface area contributed by atoms with Gasteiger partial charge in [0.05, 0.1) is 19.4 Å². The Bertz CT molecular complexity index is 628. The standard InChI is InChI=1S/C13H17N5O3/c1-9(2)13(20)7-17(8-13)11(19)6-18-15-12(14-16-18)10-4-3-5-21-10/h3-5,9,20H,6-8H2,1-2H3. The van der Waals surface area contributed by atoms with Crippen molar-refractivity contribution >= 4 is 5.91 Å².